The van der Waals surface area contributed by atoms with Gasteiger partial charge in [0, 0.05) is 24.7 Å². The average Bonchev–Trinajstić information content (AvgIpc) is 2.41. The van der Waals surface area contributed by atoms with E-state index in [2.05, 4.69) is 4.90 Å². The highest BCUT2D eigenvalue weighted by Gasteiger charge is 2.13. The van der Waals surface area contributed by atoms with Gasteiger partial charge in [0.15, 0.2) is 0 Å². The smallest absolute Gasteiger partial charge is 0.339 e. The number of morpholine rings is 1. The number of carboxylic acids is 1. The van der Waals surface area contributed by atoms with Crippen molar-refractivity contribution >= 4 is 17.6 Å². The van der Waals surface area contributed by atoms with Crippen molar-refractivity contribution in [2.45, 2.75) is 0 Å². The Morgan fingerprint density at radius 2 is 2.16 bits per heavy atom. The number of aromatic carboxylic acids is 1. The Kier molecular flexibility index (Phi) is 5.01. The van der Waals surface area contributed by atoms with E-state index in [4.69, 9.17) is 26.2 Å². The van der Waals surface area contributed by atoms with Crippen molar-refractivity contribution in [2.24, 2.45) is 0 Å². The molecule has 0 bridgehead atoms. The highest BCUT2D eigenvalue weighted by Crippen LogP contribution is 2.22. The lowest BCUT2D eigenvalue weighted by atomic mass is 10.2. The van der Waals surface area contributed by atoms with E-state index in [0.717, 1.165) is 32.8 Å². The second-order valence-electron chi connectivity index (χ2n) is 4.25. The molecule has 0 aromatic heterocycles. The SMILES string of the molecule is O=C(O)c1cc(Cl)ccc1OCCN1CCOCC1. The molecule has 0 atom stereocenters. The molecule has 1 aliphatic heterocycles. The van der Waals surface area contributed by atoms with Crippen LogP contribution in [0.3, 0.4) is 0 Å². The van der Waals surface area contributed by atoms with Gasteiger partial charge in [0.25, 0.3) is 0 Å². The van der Waals surface area contributed by atoms with Crippen LogP contribution in [0.5, 0.6) is 5.75 Å². The van der Waals surface area contributed by atoms with Crippen LogP contribution in [0.1, 0.15) is 10.4 Å². The van der Waals surface area contributed by atoms with Crippen molar-refractivity contribution in [3.63, 3.8) is 0 Å². The van der Waals surface area contributed by atoms with Gasteiger partial charge in [0.05, 0.1) is 13.2 Å². The minimum atomic E-state index is -1.04. The van der Waals surface area contributed by atoms with Gasteiger partial charge >= 0.3 is 5.97 Å². The fourth-order valence-electron chi connectivity index (χ4n) is 1.90. The lowest BCUT2D eigenvalue weighted by Crippen LogP contribution is -2.38. The van der Waals surface area contributed by atoms with Crippen LogP contribution in [0.2, 0.25) is 5.02 Å². The normalized spacial score (nSPS) is 16.3. The predicted molar refractivity (Wildman–Crippen MR) is 71.2 cm³/mol. The maximum absolute atomic E-state index is 11.1. The van der Waals surface area contributed by atoms with Gasteiger partial charge in [-0.05, 0) is 18.2 Å². The summed E-state index contributed by atoms with van der Waals surface area (Å²) < 4.78 is 10.8. The second-order valence-corrected chi connectivity index (χ2v) is 4.68. The predicted octanol–water partition coefficient (Wildman–Crippen LogP) is 1.75. The van der Waals surface area contributed by atoms with Crippen LogP contribution in [0.15, 0.2) is 18.2 Å². The van der Waals surface area contributed by atoms with Gasteiger partial charge in [-0.15, -0.1) is 0 Å². The maximum atomic E-state index is 11.1. The first-order chi connectivity index (χ1) is 9.16. The summed E-state index contributed by atoms with van der Waals surface area (Å²) in [4.78, 5) is 13.3. The molecule has 1 aliphatic rings. The molecule has 0 saturated carbocycles. The zero-order valence-corrected chi connectivity index (χ0v) is 11.2. The molecular weight excluding hydrogens is 270 g/mol. The largest absolute Gasteiger partial charge is 0.491 e. The molecule has 1 aromatic carbocycles. The molecule has 0 amide bonds. The summed E-state index contributed by atoms with van der Waals surface area (Å²) in [5.41, 5.74) is 0.0921. The molecule has 0 radical (unpaired) electrons. The molecule has 1 saturated heterocycles. The highest BCUT2D eigenvalue weighted by molar-refractivity contribution is 6.31. The topological polar surface area (TPSA) is 59.0 Å². The van der Waals surface area contributed by atoms with E-state index in [0.29, 0.717) is 17.4 Å². The van der Waals surface area contributed by atoms with Crippen molar-refractivity contribution in [3.8, 4) is 5.75 Å². The third-order valence-corrected chi connectivity index (χ3v) is 3.18. The number of carboxylic acid groups (broad SMARTS) is 1. The van der Waals surface area contributed by atoms with Crippen molar-refractivity contribution in [3.05, 3.63) is 28.8 Å². The van der Waals surface area contributed by atoms with Crippen LogP contribution in [0.25, 0.3) is 0 Å². The van der Waals surface area contributed by atoms with Crippen molar-refractivity contribution < 1.29 is 19.4 Å². The third kappa shape index (κ3) is 4.09. The fourth-order valence-corrected chi connectivity index (χ4v) is 2.08. The number of halogens is 1. The number of hydrogen-bond donors (Lipinski definition) is 1. The van der Waals surface area contributed by atoms with E-state index < -0.39 is 5.97 Å². The van der Waals surface area contributed by atoms with Gasteiger partial charge in [-0.1, -0.05) is 11.6 Å². The van der Waals surface area contributed by atoms with E-state index in [9.17, 15) is 4.79 Å². The lowest BCUT2D eigenvalue weighted by Gasteiger charge is -2.26. The molecule has 2 rings (SSSR count). The van der Waals surface area contributed by atoms with Crippen molar-refractivity contribution in [2.75, 3.05) is 39.5 Å². The Balaban J connectivity index is 1.89. The first-order valence-corrected chi connectivity index (χ1v) is 6.50. The molecule has 19 heavy (non-hydrogen) atoms. The van der Waals surface area contributed by atoms with Gasteiger partial charge in [-0.2, -0.15) is 0 Å². The van der Waals surface area contributed by atoms with Crippen LogP contribution in [0.4, 0.5) is 0 Å². The highest BCUT2D eigenvalue weighted by atomic mass is 35.5. The van der Waals surface area contributed by atoms with E-state index in [-0.39, 0.29) is 5.56 Å². The number of hydrogen-bond acceptors (Lipinski definition) is 4. The Morgan fingerprint density at radius 3 is 2.84 bits per heavy atom. The van der Waals surface area contributed by atoms with E-state index in [1.165, 1.54) is 6.07 Å². The van der Waals surface area contributed by atoms with Crippen LogP contribution >= 0.6 is 11.6 Å². The Hall–Kier alpha value is -1.30. The monoisotopic (exact) mass is 285 g/mol. The molecule has 0 unspecified atom stereocenters. The van der Waals surface area contributed by atoms with Crippen LogP contribution < -0.4 is 4.74 Å². The summed E-state index contributed by atoms with van der Waals surface area (Å²) in [5.74, 6) is -0.686. The zero-order valence-electron chi connectivity index (χ0n) is 10.5. The van der Waals surface area contributed by atoms with Gasteiger partial charge < -0.3 is 14.6 Å². The fraction of sp³-hybridized carbons (Fsp3) is 0.462. The standard InChI is InChI=1S/C13H16ClNO4/c14-10-1-2-12(11(9-10)13(16)17)19-8-5-15-3-6-18-7-4-15/h1-2,9H,3-8H2,(H,16,17). The Bertz CT molecular complexity index is 446. The summed E-state index contributed by atoms with van der Waals surface area (Å²) >= 11 is 5.78. The summed E-state index contributed by atoms with van der Waals surface area (Å²) in [6, 6.07) is 4.61. The summed E-state index contributed by atoms with van der Waals surface area (Å²) in [6.07, 6.45) is 0. The molecular formula is C13H16ClNO4. The Labute approximate surface area is 116 Å². The van der Waals surface area contributed by atoms with Crippen molar-refractivity contribution in [1.82, 2.24) is 4.90 Å². The summed E-state index contributed by atoms with van der Waals surface area (Å²) in [6.45, 7) is 4.45. The number of benzene rings is 1. The summed E-state index contributed by atoms with van der Waals surface area (Å²) in [5, 5.41) is 9.46. The van der Waals surface area contributed by atoms with Gasteiger partial charge in [0.2, 0.25) is 0 Å². The third-order valence-electron chi connectivity index (χ3n) is 2.94. The molecule has 0 aliphatic carbocycles. The minimum absolute atomic E-state index is 0.0921. The average molecular weight is 286 g/mol. The molecule has 1 heterocycles. The van der Waals surface area contributed by atoms with E-state index in [1.807, 2.05) is 0 Å². The van der Waals surface area contributed by atoms with Gasteiger partial charge in [0.1, 0.15) is 17.9 Å². The molecule has 1 aromatic rings. The first-order valence-electron chi connectivity index (χ1n) is 6.12. The zero-order chi connectivity index (χ0) is 13.7. The molecule has 6 heteroatoms. The van der Waals surface area contributed by atoms with Crippen LogP contribution in [-0.4, -0.2) is 55.4 Å². The van der Waals surface area contributed by atoms with Gasteiger partial charge in [-0.25, -0.2) is 4.79 Å². The number of rotatable bonds is 5. The van der Waals surface area contributed by atoms with E-state index >= 15 is 0 Å². The van der Waals surface area contributed by atoms with Crippen LogP contribution in [-0.2, 0) is 4.74 Å². The van der Waals surface area contributed by atoms with Gasteiger partial charge in [-0.3, -0.25) is 4.90 Å². The van der Waals surface area contributed by atoms with Crippen molar-refractivity contribution in [1.29, 1.82) is 0 Å². The number of carbonyl (C=O) groups is 1. The minimum Gasteiger partial charge on any atom is -0.491 e. The Morgan fingerprint density at radius 1 is 1.42 bits per heavy atom. The quantitative estimate of drug-likeness (QED) is 0.893. The molecule has 1 N–H and O–H groups in total. The maximum Gasteiger partial charge on any atom is 0.339 e. The number of nitrogens with zero attached hydrogens (tertiary/aromatic N) is 1. The molecule has 0 spiro atoms. The van der Waals surface area contributed by atoms with Crippen LogP contribution in [0, 0.1) is 0 Å². The molecule has 104 valence electrons. The lowest BCUT2D eigenvalue weighted by molar-refractivity contribution is 0.0321. The summed E-state index contributed by atoms with van der Waals surface area (Å²) in [7, 11) is 0. The number of ether oxygens (including phenoxy) is 2. The second kappa shape index (κ2) is 6.75. The molecule has 1 fully saturated rings. The van der Waals surface area contributed by atoms with E-state index in [1.54, 1.807) is 12.1 Å². The first kappa shape index (κ1) is 14.1. The molecule has 5 nitrogen and oxygen atoms in total.